The van der Waals surface area contributed by atoms with Crippen molar-refractivity contribution in [2.24, 2.45) is 5.10 Å². The van der Waals surface area contributed by atoms with E-state index in [4.69, 9.17) is 23.2 Å². The number of fused-ring (bicyclic) bond motifs is 1. The highest BCUT2D eigenvalue weighted by atomic mass is 79.9. The molecule has 0 unspecified atom stereocenters. The molecule has 7 heteroatoms. The van der Waals surface area contributed by atoms with Crippen LogP contribution in [0.4, 0.5) is 4.39 Å². The standard InChI is InChI=1S/C14H7BrCl2FN3/c15-8-5-13-12(19-6-8)3-4-21(13)20-7-9-10(16)1-2-11(18)14(9)17/h1-7H. The van der Waals surface area contributed by atoms with E-state index in [-0.39, 0.29) is 5.02 Å². The molecule has 3 nitrogen and oxygen atoms in total. The summed E-state index contributed by atoms with van der Waals surface area (Å²) in [6.45, 7) is 0. The van der Waals surface area contributed by atoms with E-state index in [0.29, 0.717) is 10.6 Å². The summed E-state index contributed by atoms with van der Waals surface area (Å²) < 4.78 is 15.9. The molecular weight excluding hydrogens is 380 g/mol. The van der Waals surface area contributed by atoms with Gasteiger partial charge in [0.15, 0.2) is 0 Å². The largest absolute Gasteiger partial charge is 0.253 e. The van der Waals surface area contributed by atoms with E-state index in [1.807, 2.05) is 12.1 Å². The van der Waals surface area contributed by atoms with Crippen molar-refractivity contribution in [2.45, 2.75) is 0 Å². The van der Waals surface area contributed by atoms with Gasteiger partial charge in [0.05, 0.1) is 27.3 Å². The summed E-state index contributed by atoms with van der Waals surface area (Å²) in [6, 6.07) is 6.37. The first-order chi connectivity index (χ1) is 10.1. The molecule has 0 radical (unpaired) electrons. The normalized spacial score (nSPS) is 11.6. The van der Waals surface area contributed by atoms with Crippen molar-refractivity contribution in [2.75, 3.05) is 0 Å². The van der Waals surface area contributed by atoms with E-state index in [1.165, 1.54) is 18.3 Å². The molecule has 0 atom stereocenters. The fourth-order valence-corrected chi connectivity index (χ4v) is 2.64. The zero-order valence-corrected chi connectivity index (χ0v) is 13.5. The van der Waals surface area contributed by atoms with Gasteiger partial charge >= 0.3 is 0 Å². The Balaban J connectivity index is 2.06. The van der Waals surface area contributed by atoms with E-state index >= 15 is 0 Å². The van der Waals surface area contributed by atoms with Gasteiger partial charge in [0.2, 0.25) is 0 Å². The Kier molecular flexibility index (Phi) is 3.97. The number of hydrogen-bond donors (Lipinski definition) is 0. The average molecular weight is 387 g/mol. The molecule has 3 aromatic rings. The van der Waals surface area contributed by atoms with Crippen LogP contribution in [0.1, 0.15) is 5.56 Å². The second kappa shape index (κ2) is 5.75. The van der Waals surface area contributed by atoms with E-state index in [0.717, 1.165) is 15.5 Å². The van der Waals surface area contributed by atoms with Gasteiger partial charge < -0.3 is 0 Å². The van der Waals surface area contributed by atoms with Crippen LogP contribution in [-0.4, -0.2) is 15.9 Å². The van der Waals surface area contributed by atoms with Crippen LogP contribution >= 0.6 is 39.1 Å². The summed E-state index contributed by atoms with van der Waals surface area (Å²) in [6.07, 6.45) is 4.88. The minimum atomic E-state index is -0.538. The molecule has 0 aliphatic carbocycles. The molecule has 0 aliphatic heterocycles. The quantitative estimate of drug-likeness (QED) is 0.443. The molecule has 2 aromatic heterocycles. The highest BCUT2D eigenvalue weighted by Crippen LogP contribution is 2.26. The Morgan fingerprint density at radius 1 is 1.29 bits per heavy atom. The highest BCUT2D eigenvalue weighted by molar-refractivity contribution is 9.10. The minimum absolute atomic E-state index is 0.0537. The lowest BCUT2D eigenvalue weighted by Crippen LogP contribution is -1.93. The average Bonchev–Trinajstić information content (AvgIpc) is 2.85. The number of aromatic nitrogens is 2. The zero-order chi connectivity index (χ0) is 15.0. The van der Waals surface area contributed by atoms with Gasteiger partial charge in [-0.3, -0.25) is 4.98 Å². The number of hydrogen-bond acceptors (Lipinski definition) is 2. The van der Waals surface area contributed by atoms with Crippen molar-refractivity contribution >= 4 is 56.4 Å². The molecule has 0 bridgehead atoms. The maximum Gasteiger partial charge on any atom is 0.142 e. The van der Waals surface area contributed by atoms with E-state index in [1.54, 1.807) is 17.1 Å². The summed E-state index contributed by atoms with van der Waals surface area (Å²) >= 11 is 15.3. The molecular formula is C14H7BrCl2FN3. The van der Waals surface area contributed by atoms with E-state index in [9.17, 15) is 4.39 Å². The summed E-state index contributed by atoms with van der Waals surface area (Å²) in [5.74, 6) is -0.538. The maximum absolute atomic E-state index is 13.5. The van der Waals surface area contributed by atoms with Crippen LogP contribution in [0.2, 0.25) is 10.0 Å². The van der Waals surface area contributed by atoms with Gasteiger partial charge in [-0.2, -0.15) is 5.10 Å². The molecule has 3 rings (SSSR count). The molecule has 0 N–H and O–H groups in total. The van der Waals surface area contributed by atoms with Crippen LogP contribution in [0, 0.1) is 5.82 Å². The second-order valence-corrected chi connectivity index (χ2v) is 5.92. The topological polar surface area (TPSA) is 30.2 Å². The molecule has 0 saturated carbocycles. The van der Waals surface area contributed by atoms with Crippen molar-refractivity contribution in [3.8, 4) is 0 Å². The maximum atomic E-state index is 13.5. The third kappa shape index (κ3) is 2.81. The van der Waals surface area contributed by atoms with Crippen LogP contribution in [-0.2, 0) is 0 Å². The van der Waals surface area contributed by atoms with Crippen LogP contribution in [0.5, 0.6) is 0 Å². The molecule has 106 valence electrons. The molecule has 21 heavy (non-hydrogen) atoms. The zero-order valence-electron chi connectivity index (χ0n) is 10.4. The number of pyridine rings is 1. The molecule has 0 spiro atoms. The third-order valence-corrected chi connectivity index (χ3v) is 4.02. The predicted molar refractivity (Wildman–Crippen MR) is 86.8 cm³/mol. The number of rotatable bonds is 2. The lowest BCUT2D eigenvalue weighted by molar-refractivity contribution is 0.628. The van der Waals surface area contributed by atoms with Crippen molar-refractivity contribution < 1.29 is 4.39 Å². The number of halogens is 4. The SMILES string of the molecule is Fc1ccc(Cl)c(C=Nn2ccc3ncc(Br)cc32)c1Cl. The smallest absolute Gasteiger partial charge is 0.142 e. The lowest BCUT2D eigenvalue weighted by Gasteiger charge is -2.03. The molecule has 2 heterocycles. The van der Waals surface area contributed by atoms with Gasteiger partial charge in [-0.25, -0.2) is 9.07 Å². The number of benzene rings is 1. The van der Waals surface area contributed by atoms with Gasteiger partial charge in [0, 0.05) is 22.4 Å². The van der Waals surface area contributed by atoms with Gasteiger partial charge in [-0.15, -0.1) is 0 Å². The van der Waals surface area contributed by atoms with Gasteiger partial charge in [-0.1, -0.05) is 23.2 Å². The predicted octanol–water partition coefficient (Wildman–Crippen LogP) is 5.13. The van der Waals surface area contributed by atoms with Crippen molar-refractivity contribution in [3.63, 3.8) is 0 Å². The highest BCUT2D eigenvalue weighted by Gasteiger charge is 2.09. The summed E-state index contributed by atoms with van der Waals surface area (Å²) in [5, 5.41) is 4.54. The van der Waals surface area contributed by atoms with Gasteiger partial charge in [-0.05, 0) is 40.2 Å². The van der Waals surface area contributed by atoms with Crippen LogP contribution in [0.25, 0.3) is 11.0 Å². The molecule has 1 aromatic carbocycles. The molecule has 0 saturated heterocycles. The number of nitrogens with zero attached hydrogens (tertiary/aromatic N) is 3. The summed E-state index contributed by atoms with van der Waals surface area (Å²) in [5.41, 5.74) is 1.94. The van der Waals surface area contributed by atoms with Crippen LogP contribution < -0.4 is 0 Å². The Morgan fingerprint density at radius 2 is 2.10 bits per heavy atom. The Hall–Kier alpha value is -1.43. The monoisotopic (exact) mass is 385 g/mol. The Morgan fingerprint density at radius 3 is 2.90 bits per heavy atom. The lowest BCUT2D eigenvalue weighted by atomic mass is 10.2. The summed E-state index contributed by atoms with van der Waals surface area (Å²) in [7, 11) is 0. The minimum Gasteiger partial charge on any atom is -0.253 e. The first-order valence-electron chi connectivity index (χ1n) is 5.87. The van der Waals surface area contributed by atoms with E-state index in [2.05, 4.69) is 26.0 Å². The van der Waals surface area contributed by atoms with Crippen molar-refractivity contribution in [1.82, 2.24) is 9.66 Å². The fraction of sp³-hybridized carbons (Fsp3) is 0. The first kappa shape index (κ1) is 14.5. The van der Waals surface area contributed by atoms with Gasteiger partial charge in [0.25, 0.3) is 0 Å². The second-order valence-electron chi connectivity index (χ2n) is 4.22. The van der Waals surface area contributed by atoms with Gasteiger partial charge in [0.1, 0.15) is 5.82 Å². The van der Waals surface area contributed by atoms with E-state index < -0.39 is 5.82 Å². The van der Waals surface area contributed by atoms with Crippen LogP contribution in [0.3, 0.4) is 0 Å². The fourth-order valence-electron chi connectivity index (χ4n) is 1.85. The Bertz CT molecular complexity index is 861. The van der Waals surface area contributed by atoms with Crippen molar-refractivity contribution in [3.05, 3.63) is 62.6 Å². The molecule has 0 fully saturated rings. The third-order valence-electron chi connectivity index (χ3n) is 2.88. The molecule has 0 amide bonds. The van der Waals surface area contributed by atoms with Crippen molar-refractivity contribution in [1.29, 1.82) is 0 Å². The van der Waals surface area contributed by atoms with Crippen LogP contribution in [0.15, 0.2) is 46.2 Å². The molecule has 0 aliphatic rings. The first-order valence-corrected chi connectivity index (χ1v) is 7.41. The summed E-state index contributed by atoms with van der Waals surface area (Å²) in [4.78, 5) is 4.25. The Labute approximate surface area is 138 Å².